The van der Waals surface area contributed by atoms with Crippen molar-refractivity contribution in [1.29, 1.82) is 0 Å². The fourth-order valence-corrected chi connectivity index (χ4v) is 2.33. The molecule has 0 aliphatic heterocycles. The lowest BCUT2D eigenvalue weighted by molar-refractivity contribution is -0.144. The number of amides is 2. The number of benzene rings is 2. The number of carbonyl (C=O) groups is 4. The van der Waals surface area contributed by atoms with Crippen LogP contribution in [0.25, 0.3) is 6.08 Å². The second kappa shape index (κ2) is 10.4. The minimum Gasteiger partial charge on any atom is -0.465 e. The third-order valence-corrected chi connectivity index (χ3v) is 3.58. The molecular weight excluding hydrogens is 376 g/mol. The number of ether oxygens (including phenoxy) is 2. The molecule has 2 aromatic carbocycles. The zero-order valence-corrected chi connectivity index (χ0v) is 15.9. The third kappa shape index (κ3) is 6.62. The van der Waals surface area contributed by atoms with E-state index in [4.69, 9.17) is 4.74 Å². The van der Waals surface area contributed by atoms with E-state index in [0.717, 1.165) is 0 Å². The highest BCUT2D eigenvalue weighted by Gasteiger charge is 2.17. The SMILES string of the molecule is COC(=O)c1ccccc1NC(=O)COC(=O)C(=Cc1ccccc1)NC(C)=O. The van der Waals surface area contributed by atoms with Gasteiger partial charge in [0.15, 0.2) is 6.61 Å². The van der Waals surface area contributed by atoms with E-state index in [1.807, 2.05) is 6.07 Å². The number of anilines is 1. The van der Waals surface area contributed by atoms with Crippen LogP contribution in [0, 0.1) is 0 Å². The van der Waals surface area contributed by atoms with Crippen molar-refractivity contribution in [1.82, 2.24) is 5.32 Å². The van der Waals surface area contributed by atoms with Crippen LogP contribution >= 0.6 is 0 Å². The van der Waals surface area contributed by atoms with E-state index in [1.54, 1.807) is 36.4 Å². The summed E-state index contributed by atoms with van der Waals surface area (Å²) in [5.74, 6) is -2.60. The molecule has 29 heavy (non-hydrogen) atoms. The van der Waals surface area contributed by atoms with Gasteiger partial charge in [-0.3, -0.25) is 9.59 Å². The minimum absolute atomic E-state index is 0.105. The Bertz CT molecular complexity index is 937. The van der Waals surface area contributed by atoms with Crippen LogP contribution in [-0.4, -0.2) is 37.5 Å². The standard InChI is InChI=1S/C21H20N2O6/c1-14(24)22-18(12-15-8-4-3-5-9-15)21(27)29-13-19(25)23-17-11-7-6-10-16(17)20(26)28-2/h3-12H,13H2,1-2H3,(H,22,24)(H,23,25). The number of carbonyl (C=O) groups excluding carboxylic acids is 4. The largest absolute Gasteiger partial charge is 0.465 e. The summed E-state index contributed by atoms with van der Waals surface area (Å²) in [7, 11) is 1.23. The van der Waals surface area contributed by atoms with Gasteiger partial charge in [0.25, 0.3) is 5.91 Å². The Hall–Kier alpha value is -3.94. The van der Waals surface area contributed by atoms with Crippen LogP contribution in [0.5, 0.6) is 0 Å². The Morgan fingerprint density at radius 3 is 2.28 bits per heavy atom. The highest BCUT2D eigenvalue weighted by Crippen LogP contribution is 2.16. The van der Waals surface area contributed by atoms with Crippen molar-refractivity contribution in [2.45, 2.75) is 6.92 Å². The van der Waals surface area contributed by atoms with Crippen LogP contribution in [0.15, 0.2) is 60.3 Å². The van der Waals surface area contributed by atoms with E-state index in [0.29, 0.717) is 5.56 Å². The minimum atomic E-state index is -0.875. The molecule has 0 aromatic heterocycles. The first kappa shape index (κ1) is 21.4. The van der Waals surface area contributed by atoms with Crippen LogP contribution in [-0.2, 0) is 23.9 Å². The monoisotopic (exact) mass is 396 g/mol. The fraction of sp³-hybridized carbons (Fsp3) is 0.143. The molecule has 8 heteroatoms. The van der Waals surface area contributed by atoms with Gasteiger partial charge in [0.2, 0.25) is 5.91 Å². The van der Waals surface area contributed by atoms with Crippen LogP contribution in [0.1, 0.15) is 22.8 Å². The first-order valence-electron chi connectivity index (χ1n) is 8.59. The molecule has 0 bridgehead atoms. The number of hydrogen-bond donors (Lipinski definition) is 2. The van der Waals surface area contributed by atoms with Crippen LogP contribution in [0.2, 0.25) is 0 Å². The summed E-state index contributed by atoms with van der Waals surface area (Å²) >= 11 is 0. The lowest BCUT2D eigenvalue weighted by Gasteiger charge is -2.11. The van der Waals surface area contributed by atoms with E-state index in [2.05, 4.69) is 15.4 Å². The lowest BCUT2D eigenvalue weighted by Crippen LogP contribution is -2.29. The molecule has 0 aliphatic rings. The summed E-state index contributed by atoms with van der Waals surface area (Å²) in [6.45, 7) is 0.641. The van der Waals surface area contributed by atoms with Gasteiger partial charge in [0.05, 0.1) is 18.4 Å². The molecule has 0 spiro atoms. The highest BCUT2D eigenvalue weighted by molar-refractivity contribution is 6.03. The first-order chi connectivity index (χ1) is 13.9. The topological polar surface area (TPSA) is 111 Å². The van der Waals surface area contributed by atoms with Crippen LogP contribution in [0.4, 0.5) is 5.69 Å². The first-order valence-corrected chi connectivity index (χ1v) is 8.59. The average Bonchev–Trinajstić information content (AvgIpc) is 2.71. The van der Waals surface area contributed by atoms with E-state index in [9.17, 15) is 19.2 Å². The predicted octanol–water partition coefficient (Wildman–Crippen LogP) is 2.13. The Morgan fingerprint density at radius 2 is 1.62 bits per heavy atom. The molecule has 0 saturated heterocycles. The summed E-state index contributed by atoms with van der Waals surface area (Å²) < 4.78 is 9.65. The molecule has 2 aromatic rings. The molecule has 150 valence electrons. The maximum atomic E-state index is 12.3. The van der Waals surface area contributed by atoms with Gasteiger partial charge in [-0.2, -0.15) is 0 Å². The Morgan fingerprint density at radius 1 is 0.966 bits per heavy atom. The quantitative estimate of drug-likeness (QED) is 0.548. The van der Waals surface area contributed by atoms with Gasteiger partial charge in [0, 0.05) is 6.92 Å². The van der Waals surface area contributed by atoms with Gasteiger partial charge in [0.1, 0.15) is 5.70 Å². The second-order valence-electron chi connectivity index (χ2n) is 5.81. The van der Waals surface area contributed by atoms with Gasteiger partial charge in [-0.05, 0) is 23.8 Å². The molecule has 0 fully saturated rings. The zero-order valence-electron chi connectivity index (χ0n) is 15.9. The summed E-state index contributed by atoms with van der Waals surface area (Å²) in [4.78, 5) is 47.6. The molecule has 0 radical (unpaired) electrons. The predicted molar refractivity (Wildman–Crippen MR) is 106 cm³/mol. The molecule has 0 saturated carbocycles. The van der Waals surface area contributed by atoms with E-state index in [-0.39, 0.29) is 16.9 Å². The highest BCUT2D eigenvalue weighted by atomic mass is 16.5. The van der Waals surface area contributed by atoms with Crippen molar-refractivity contribution in [3.63, 3.8) is 0 Å². The molecule has 2 amide bonds. The van der Waals surface area contributed by atoms with Crippen molar-refractivity contribution in [3.8, 4) is 0 Å². The van der Waals surface area contributed by atoms with Gasteiger partial charge in [-0.1, -0.05) is 42.5 Å². The second-order valence-corrected chi connectivity index (χ2v) is 5.81. The number of para-hydroxylation sites is 1. The molecule has 0 heterocycles. The van der Waals surface area contributed by atoms with E-state index in [1.165, 1.54) is 32.2 Å². The van der Waals surface area contributed by atoms with Crippen molar-refractivity contribution in [3.05, 3.63) is 71.4 Å². The number of nitrogens with one attached hydrogen (secondary N) is 2. The molecule has 0 atom stereocenters. The fourth-order valence-electron chi connectivity index (χ4n) is 2.33. The molecule has 8 nitrogen and oxygen atoms in total. The summed E-state index contributed by atoms with van der Waals surface area (Å²) in [5.41, 5.74) is 0.955. The Balaban J connectivity index is 2.04. The van der Waals surface area contributed by atoms with Gasteiger partial charge in [-0.15, -0.1) is 0 Å². The molecule has 2 N–H and O–H groups in total. The maximum absolute atomic E-state index is 12.3. The number of methoxy groups -OCH3 is 1. The van der Waals surface area contributed by atoms with Crippen molar-refractivity contribution >= 4 is 35.5 Å². The number of rotatable bonds is 7. The summed E-state index contributed by atoms with van der Waals surface area (Å²) in [6, 6.07) is 15.1. The maximum Gasteiger partial charge on any atom is 0.355 e. The van der Waals surface area contributed by atoms with Crippen molar-refractivity contribution < 1.29 is 28.7 Å². The van der Waals surface area contributed by atoms with Crippen molar-refractivity contribution in [2.75, 3.05) is 19.0 Å². The molecule has 0 unspecified atom stereocenters. The summed E-state index contributed by atoms with van der Waals surface area (Å²) in [5, 5.41) is 4.87. The van der Waals surface area contributed by atoms with E-state index >= 15 is 0 Å². The smallest absolute Gasteiger partial charge is 0.355 e. The number of hydrogen-bond acceptors (Lipinski definition) is 6. The Kier molecular flexibility index (Phi) is 7.67. The van der Waals surface area contributed by atoms with Crippen LogP contribution in [0.3, 0.4) is 0 Å². The van der Waals surface area contributed by atoms with Crippen molar-refractivity contribution in [2.24, 2.45) is 0 Å². The Labute approximate surface area is 167 Å². The molecular formula is C21H20N2O6. The normalized spacial score (nSPS) is 10.6. The average molecular weight is 396 g/mol. The van der Waals surface area contributed by atoms with Gasteiger partial charge < -0.3 is 20.1 Å². The van der Waals surface area contributed by atoms with E-state index < -0.39 is 30.4 Å². The molecule has 0 aliphatic carbocycles. The van der Waals surface area contributed by atoms with Gasteiger partial charge in [-0.25, -0.2) is 9.59 Å². The van der Waals surface area contributed by atoms with Crippen LogP contribution < -0.4 is 10.6 Å². The number of esters is 2. The summed E-state index contributed by atoms with van der Waals surface area (Å²) in [6.07, 6.45) is 1.44. The molecule has 2 rings (SSSR count). The third-order valence-electron chi connectivity index (χ3n) is 3.58. The zero-order chi connectivity index (χ0) is 21.2. The lowest BCUT2D eigenvalue weighted by atomic mass is 10.2. The van der Waals surface area contributed by atoms with Gasteiger partial charge >= 0.3 is 11.9 Å².